The standard InChI is InChI=1S/C9H13F3N2O/c10-9(11,12)8-4-3-7(15)14(8)6-2-1-5-13-8/h13H,1-6H2/t8-/m1/s1. The largest absolute Gasteiger partial charge is 0.425 e. The summed E-state index contributed by atoms with van der Waals surface area (Å²) in [6, 6.07) is 0. The Morgan fingerprint density at radius 2 is 2.07 bits per heavy atom. The van der Waals surface area contributed by atoms with Crippen molar-refractivity contribution in [2.45, 2.75) is 37.5 Å². The number of rotatable bonds is 0. The fourth-order valence-corrected chi connectivity index (χ4v) is 2.36. The maximum atomic E-state index is 13.0. The van der Waals surface area contributed by atoms with E-state index in [1.54, 1.807) is 0 Å². The molecule has 86 valence electrons. The molecule has 0 aliphatic carbocycles. The second kappa shape index (κ2) is 3.37. The first kappa shape index (κ1) is 10.7. The number of fused-ring (bicyclic) bond motifs is 1. The Morgan fingerprint density at radius 3 is 2.73 bits per heavy atom. The molecule has 0 saturated carbocycles. The van der Waals surface area contributed by atoms with E-state index in [-0.39, 0.29) is 25.3 Å². The summed E-state index contributed by atoms with van der Waals surface area (Å²) in [4.78, 5) is 12.4. The summed E-state index contributed by atoms with van der Waals surface area (Å²) in [7, 11) is 0. The van der Waals surface area contributed by atoms with Gasteiger partial charge in [0.2, 0.25) is 5.91 Å². The molecule has 0 aromatic rings. The molecule has 15 heavy (non-hydrogen) atoms. The highest BCUT2D eigenvalue weighted by Gasteiger charge is 2.62. The second-order valence-electron chi connectivity index (χ2n) is 4.04. The first-order valence-corrected chi connectivity index (χ1v) is 5.10. The number of carbonyl (C=O) groups excluding carboxylic acids is 1. The second-order valence-corrected chi connectivity index (χ2v) is 4.04. The van der Waals surface area contributed by atoms with E-state index < -0.39 is 11.8 Å². The van der Waals surface area contributed by atoms with Crippen LogP contribution in [0.4, 0.5) is 13.2 Å². The molecule has 2 aliphatic rings. The van der Waals surface area contributed by atoms with Gasteiger partial charge in [0.05, 0.1) is 0 Å². The first-order valence-electron chi connectivity index (χ1n) is 5.10. The lowest BCUT2D eigenvalue weighted by molar-refractivity contribution is -0.232. The van der Waals surface area contributed by atoms with Crippen molar-refractivity contribution in [2.24, 2.45) is 0 Å². The minimum absolute atomic E-state index is 0.00743. The van der Waals surface area contributed by atoms with Crippen LogP contribution in [0.15, 0.2) is 0 Å². The molecule has 2 heterocycles. The van der Waals surface area contributed by atoms with E-state index in [0.717, 1.165) is 4.90 Å². The maximum Gasteiger partial charge on any atom is 0.425 e. The van der Waals surface area contributed by atoms with Crippen LogP contribution >= 0.6 is 0 Å². The molecule has 2 saturated heterocycles. The Kier molecular flexibility index (Phi) is 2.41. The van der Waals surface area contributed by atoms with Crippen LogP contribution in [0, 0.1) is 0 Å². The minimum atomic E-state index is -4.39. The lowest BCUT2D eigenvalue weighted by Crippen LogP contribution is -2.64. The molecule has 1 amide bonds. The van der Waals surface area contributed by atoms with Gasteiger partial charge < -0.3 is 4.90 Å². The smallest absolute Gasteiger partial charge is 0.316 e. The Labute approximate surface area is 85.6 Å². The van der Waals surface area contributed by atoms with Crippen molar-refractivity contribution >= 4 is 5.91 Å². The van der Waals surface area contributed by atoms with E-state index >= 15 is 0 Å². The Balaban J connectivity index is 2.35. The molecular formula is C9H13F3N2O. The maximum absolute atomic E-state index is 13.0. The van der Waals surface area contributed by atoms with Gasteiger partial charge in [-0.25, -0.2) is 0 Å². The molecular weight excluding hydrogens is 209 g/mol. The number of halogens is 3. The van der Waals surface area contributed by atoms with Crippen molar-refractivity contribution in [2.75, 3.05) is 13.1 Å². The summed E-state index contributed by atoms with van der Waals surface area (Å²) < 4.78 is 39.0. The number of nitrogens with zero attached hydrogens (tertiary/aromatic N) is 1. The molecule has 2 fully saturated rings. The topological polar surface area (TPSA) is 32.3 Å². The molecule has 3 nitrogen and oxygen atoms in total. The third kappa shape index (κ3) is 1.51. The van der Waals surface area contributed by atoms with Gasteiger partial charge in [0, 0.05) is 19.4 Å². The lowest BCUT2D eigenvalue weighted by Gasteiger charge is -2.38. The fourth-order valence-electron chi connectivity index (χ4n) is 2.36. The van der Waals surface area contributed by atoms with E-state index in [9.17, 15) is 18.0 Å². The van der Waals surface area contributed by atoms with Gasteiger partial charge in [-0.2, -0.15) is 13.2 Å². The highest BCUT2D eigenvalue weighted by Crippen LogP contribution is 2.42. The number of hydrogen-bond acceptors (Lipinski definition) is 2. The van der Waals surface area contributed by atoms with Crippen molar-refractivity contribution in [1.82, 2.24) is 10.2 Å². The summed E-state index contributed by atoms with van der Waals surface area (Å²) in [5.41, 5.74) is -2.08. The fraction of sp³-hybridized carbons (Fsp3) is 0.889. The normalized spacial score (nSPS) is 32.7. The molecule has 0 aromatic carbocycles. The first-order chi connectivity index (χ1) is 6.97. The Morgan fingerprint density at radius 1 is 1.33 bits per heavy atom. The van der Waals surface area contributed by atoms with Gasteiger partial charge in [0.15, 0.2) is 5.66 Å². The average molecular weight is 222 g/mol. The highest BCUT2D eigenvalue weighted by molar-refractivity contribution is 5.79. The van der Waals surface area contributed by atoms with E-state index in [4.69, 9.17) is 0 Å². The van der Waals surface area contributed by atoms with Gasteiger partial charge >= 0.3 is 6.18 Å². The molecule has 6 heteroatoms. The van der Waals surface area contributed by atoms with Crippen molar-refractivity contribution in [3.63, 3.8) is 0 Å². The zero-order valence-electron chi connectivity index (χ0n) is 8.23. The summed E-state index contributed by atoms with van der Waals surface area (Å²) in [6.07, 6.45) is -3.23. The van der Waals surface area contributed by atoms with Crippen LogP contribution < -0.4 is 5.32 Å². The van der Waals surface area contributed by atoms with Gasteiger partial charge in [-0.05, 0) is 19.4 Å². The minimum Gasteiger partial charge on any atom is -0.316 e. The molecule has 2 rings (SSSR count). The van der Waals surface area contributed by atoms with Crippen molar-refractivity contribution in [1.29, 1.82) is 0 Å². The van der Waals surface area contributed by atoms with Crippen LogP contribution in [0.25, 0.3) is 0 Å². The van der Waals surface area contributed by atoms with Crippen molar-refractivity contribution < 1.29 is 18.0 Å². The zero-order chi connectivity index (χ0) is 11.1. The van der Waals surface area contributed by atoms with Crippen molar-refractivity contribution in [3.05, 3.63) is 0 Å². The molecule has 0 unspecified atom stereocenters. The molecule has 0 spiro atoms. The monoisotopic (exact) mass is 222 g/mol. The summed E-state index contributed by atoms with van der Waals surface area (Å²) in [5, 5.41) is 2.51. The zero-order valence-corrected chi connectivity index (χ0v) is 8.23. The number of amides is 1. The quantitative estimate of drug-likeness (QED) is 0.669. The van der Waals surface area contributed by atoms with Crippen LogP contribution in [-0.2, 0) is 4.79 Å². The lowest BCUT2D eigenvalue weighted by atomic mass is 10.1. The molecule has 2 aliphatic heterocycles. The van der Waals surface area contributed by atoms with Crippen molar-refractivity contribution in [3.8, 4) is 0 Å². The molecule has 0 radical (unpaired) electrons. The molecule has 1 N–H and O–H groups in total. The van der Waals surface area contributed by atoms with E-state index in [1.165, 1.54) is 0 Å². The Bertz CT molecular complexity index is 279. The van der Waals surface area contributed by atoms with Crippen LogP contribution in [0.3, 0.4) is 0 Å². The molecule has 1 atom stereocenters. The van der Waals surface area contributed by atoms with Gasteiger partial charge in [0.25, 0.3) is 0 Å². The summed E-state index contributed by atoms with van der Waals surface area (Å²) in [6.45, 7) is 0.536. The third-order valence-electron chi connectivity index (χ3n) is 3.16. The van der Waals surface area contributed by atoms with Gasteiger partial charge in [-0.1, -0.05) is 0 Å². The van der Waals surface area contributed by atoms with Crippen LogP contribution in [0.2, 0.25) is 0 Å². The molecule has 0 aromatic heterocycles. The molecule has 0 bridgehead atoms. The van der Waals surface area contributed by atoms with Gasteiger partial charge in [-0.3, -0.25) is 10.1 Å². The number of carbonyl (C=O) groups is 1. The number of hydrogen-bond donors (Lipinski definition) is 1. The Hall–Kier alpha value is -0.780. The summed E-state index contributed by atoms with van der Waals surface area (Å²) in [5.74, 6) is -0.387. The van der Waals surface area contributed by atoms with E-state index in [2.05, 4.69) is 5.32 Å². The highest BCUT2D eigenvalue weighted by atomic mass is 19.4. The van der Waals surface area contributed by atoms with E-state index in [0.29, 0.717) is 19.4 Å². The van der Waals surface area contributed by atoms with Gasteiger partial charge in [0.1, 0.15) is 0 Å². The third-order valence-corrected chi connectivity index (χ3v) is 3.16. The SMILES string of the molecule is O=C1CC[C@@]2(C(F)(F)F)NCCCCN12. The number of nitrogens with one attached hydrogen (secondary N) is 1. The van der Waals surface area contributed by atoms with Gasteiger partial charge in [-0.15, -0.1) is 0 Å². The predicted molar refractivity (Wildman–Crippen MR) is 47.0 cm³/mol. The van der Waals surface area contributed by atoms with Crippen LogP contribution in [0.5, 0.6) is 0 Å². The van der Waals surface area contributed by atoms with E-state index in [1.807, 2.05) is 0 Å². The predicted octanol–water partition coefficient (Wildman–Crippen LogP) is 1.25. The number of alkyl halides is 3. The van der Waals surface area contributed by atoms with Crippen LogP contribution in [-0.4, -0.2) is 35.7 Å². The summed E-state index contributed by atoms with van der Waals surface area (Å²) >= 11 is 0. The van der Waals surface area contributed by atoms with Crippen LogP contribution in [0.1, 0.15) is 25.7 Å². The average Bonchev–Trinajstić information content (AvgIpc) is 2.36.